The van der Waals surface area contributed by atoms with Gasteiger partial charge in [0, 0.05) is 18.5 Å². The third-order valence-corrected chi connectivity index (χ3v) is 4.97. The van der Waals surface area contributed by atoms with Crippen LogP contribution in [0.3, 0.4) is 0 Å². The summed E-state index contributed by atoms with van der Waals surface area (Å²) in [4.78, 5) is 26.8. The number of hydrogen-bond donors (Lipinski definition) is 2. The molecule has 3 N–H and O–H groups in total. The molecule has 3 heterocycles. The van der Waals surface area contributed by atoms with E-state index in [1.165, 1.54) is 0 Å². The topological polar surface area (TPSA) is 87.9 Å². The molecule has 128 valence electrons. The number of benzene rings is 2. The van der Waals surface area contributed by atoms with Gasteiger partial charge >= 0.3 is 0 Å². The van der Waals surface area contributed by atoms with Crippen molar-refractivity contribution in [3.63, 3.8) is 0 Å². The van der Waals surface area contributed by atoms with E-state index >= 15 is 0 Å². The molecule has 26 heavy (non-hydrogen) atoms. The highest BCUT2D eigenvalue weighted by Gasteiger charge is 2.32. The molecule has 6 nitrogen and oxygen atoms in total. The maximum absolute atomic E-state index is 11.8. The van der Waals surface area contributed by atoms with E-state index < -0.39 is 5.91 Å². The van der Waals surface area contributed by atoms with Gasteiger partial charge in [0.15, 0.2) is 0 Å². The second-order valence-electron chi connectivity index (χ2n) is 6.65. The summed E-state index contributed by atoms with van der Waals surface area (Å²) in [6, 6.07) is 17.4. The van der Waals surface area contributed by atoms with Gasteiger partial charge in [-0.25, -0.2) is 9.97 Å². The lowest BCUT2D eigenvalue weighted by Crippen LogP contribution is -2.46. The Labute approximate surface area is 149 Å². The molecule has 0 radical (unpaired) electrons. The van der Waals surface area contributed by atoms with Gasteiger partial charge in [0.25, 0.3) is 0 Å². The van der Waals surface area contributed by atoms with Gasteiger partial charge in [-0.3, -0.25) is 4.79 Å². The Balaban J connectivity index is 1.44. The number of primary amides is 1. The molecule has 0 atom stereocenters. The minimum absolute atomic E-state index is 0.327. The van der Waals surface area contributed by atoms with E-state index in [1.807, 2.05) is 48.5 Å². The average molecular weight is 343 g/mol. The molecule has 4 aromatic rings. The zero-order valence-electron chi connectivity index (χ0n) is 14.0. The summed E-state index contributed by atoms with van der Waals surface area (Å²) in [6.07, 6.45) is 0. The first kappa shape index (κ1) is 14.9. The molecule has 0 spiro atoms. The van der Waals surface area contributed by atoms with Crippen LogP contribution in [0, 0.1) is 0 Å². The highest BCUT2D eigenvalue weighted by Crippen LogP contribution is 2.32. The fourth-order valence-corrected chi connectivity index (χ4v) is 3.53. The Hall–Kier alpha value is -3.41. The fraction of sp³-hybridized carbons (Fsp3) is 0.150. The van der Waals surface area contributed by atoms with Gasteiger partial charge in [-0.1, -0.05) is 30.3 Å². The van der Waals surface area contributed by atoms with Crippen LogP contribution in [0.1, 0.15) is 22.1 Å². The average Bonchev–Trinajstić information content (AvgIpc) is 3.03. The summed E-state index contributed by atoms with van der Waals surface area (Å²) < 4.78 is 0. The number of nitrogens with zero attached hydrogens (tertiary/aromatic N) is 3. The molecule has 1 aliphatic heterocycles. The predicted molar refractivity (Wildman–Crippen MR) is 101 cm³/mol. The molecular weight excluding hydrogens is 326 g/mol. The zero-order valence-corrected chi connectivity index (χ0v) is 14.0. The normalized spacial score (nSPS) is 14.7. The van der Waals surface area contributed by atoms with Crippen molar-refractivity contribution < 1.29 is 4.79 Å². The van der Waals surface area contributed by atoms with Crippen molar-refractivity contribution in [1.82, 2.24) is 15.0 Å². The number of nitrogens with one attached hydrogen (secondary N) is 1. The number of para-hydroxylation sites is 3. The largest absolute Gasteiger partial charge is 0.366 e. The van der Waals surface area contributed by atoms with Gasteiger partial charge in [-0.15, -0.1) is 0 Å². The molecule has 2 aromatic heterocycles. The molecule has 0 saturated carbocycles. The van der Waals surface area contributed by atoms with Crippen LogP contribution in [0.2, 0.25) is 0 Å². The highest BCUT2D eigenvalue weighted by molar-refractivity contribution is 6.06. The SMILES string of the molecule is NC(=O)c1cc(N2CC(c3nc4ccccc4[nH]3)C2)nc2ccccc12. The number of nitrogens with two attached hydrogens (primary N) is 1. The number of rotatable bonds is 3. The van der Waals surface area contributed by atoms with Crippen LogP contribution in [0.15, 0.2) is 54.6 Å². The van der Waals surface area contributed by atoms with Gasteiger partial charge in [0.1, 0.15) is 11.6 Å². The van der Waals surface area contributed by atoms with E-state index in [0.29, 0.717) is 11.5 Å². The van der Waals surface area contributed by atoms with E-state index in [1.54, 1.807) is 6.07 Å². The molecule has 5 rings (SSSR count). The fourth-order valence-electron chi connectivity index (χ4n) is 3.53. The van der Waals surface area contributed by atoms with Crippen molar-refractivity contribution in [2.45, 2.75) is 5.92 Å². The lowest BCUT2D eigenvalue weighted by Gasteiger charge is -2.39. The number of aromatic nitrogens is 3. The summed E-state index contributed by atoms with van der Waals surface area (Å²) in [5.74, 6) is 1.68. The lowest BCUT2D eigenvalue weighted by atomic mass is 9.98. The number of amides is 1. The molecule has 1 aliphatic rings. The van der Waals surface area contributed by atoms with E-state index in [9.17, 15) is 4.79 Å². The molecular formula is C20H17N5O. The first-order valence-electron chi connectivity index (χ1n) is 8.58. The van der Waals surface area contributed by atoms with E-state index in [-0.39, 0.29) is 0 Å². The van der Waals surface area contributed by atoms with Crippen LogP contribution in [-0.4, -0.2) is 33.9 Å². The summed E-state index contributed by atoms with van der Waals surface area (Å²) in [6.45, 7) is 1.62. The molecule has 1 amide bonds. The minimum atomic E-state index is -0.431. The predicted octanol–water partition coefficient (Wildman–Crippen LogP) is 2.81. The molecule has 0 unspecified atom stereocenters. The second-order valence-corrected chi connectivity index (χ2v) is 6.65. The Morgan fingerprint density at radius 1 is 1.04 bits per heavy atom. The smallest absolute Gasteiger partial charge is 0.249 e. The van der Waals surface area contributed by atoms with Gasteiger partial charge in [-0.2, -0.15) is 0 Å². The molecule has 0 aliphatic carbocycles. The highest BCUT2D eigenvalue weighted by atomic mass is 16.1. The Bertz CT molecular complexity index is 1110. The third-order valence-electron chi connectivity index (χ3n) is 4.97. The van der Waals surface area contributed by atoms with Crippen molar-refractivity contribution >= 4 is 33.7 Å². The molecule has 6 heteroatoms. The Kier molecular flexibility index (Phi) is 3.18. The third kappa shape index (κ3) is 2.30. The molecule has 1 saturated heterocycles. The Morgan fingerprint density at radius 2 is 1.77 bits per heavy atom. The molecule has 1 fully saturated rings. The summed E-state index contributed by atoms with van der Waals surface area (Å²) >= 11 is 0. The number of aromatic amines is 1. The maximum atomic E-state index is 11.8. The number of carbonyl (C=O) groups excluding carboxylic acids is 1. The second kappa shape index (κ2) is 5.56. The van der Waals surface area contributed by atoms with Gasteiger partial charge in [0.2, 0.25) is 5.91 Å². The quantitative estimate of drug-likeness (QED) is 0.599. The number of carbonyl (C=O) groups is 1. The van der Waals surface area contributed by atoms with Crippen LogP contribution < -0.4 is 10.6 Å². The first-order chi connectivity index (χ1) is 12.7. The van der Waals surface area contributed by atoms with Crippen molar-refractivity contribution in [2.75, 3.05) is 18.0 Å². The van der Waals surface area contributed by atoms with Crippen LogP contribution in [-0.2, 0) is 0 Å². The van der Waals surface area contributed by atoms with Gasteiger partial charge < -0.3 is 15.6 Å². The number of hydrogen-bond acceptors (Lipinski definition) is 4. The monoisotopic (exact) mass is 343 g/mol. The summed E-state index contributed by atoms with van der Waals surface area (Å²) in [7, 11) is 0. The minimum Gasteiger partial charge on any atom is -0.366 e. The lowest BCUT2D eigenvalue weighted by molar-refractivity contribution is 0.100. The van der Waals surface area contributed by atoms with Gasteiger partial charge in [-0.05, 0) is 24.3 Å². The van der Waals surface area contributed by atoms with Crippen molar-refractivity contribution in [3.8, 4) is 0 Å². The Morgan fingerprint density at radius 3 is 2.54 bits per heavy atom. The number of pyridine rings is 1. The van der Waals surface area contributed by atoms with Crippen LogP contribution in [0.25, 0.3) is 21.9 Å². The van der Waals surface area contributed by atoms with Gasteiger partial charge in [0.05, 0.1) is 28.0 Å². The number of H-pyrrole nitrogens is 1. The zero-order chi connectivity index (χ0) is 17.7. The number of anilines is 1. The molecule has 2 aromatic carbocycles. The summed E-state index contributed by atoms with van der Waals surface area (Å²) in [5, 5.41) is 0.790. The van der Waals surface area contributed by atoms with E-state index in [0.717, 1.165) is 46.7 Å². The van der Waals surface area contributed by atoms with E-state index in [4.69, 9.17) is 10.7 Å². The van der Waals surface area contributed by atoms with Crippen LogP contribution >= 0.6 is 0 Å². The standard InChI is InChI=1S/C20H17N5O/c21-19(26)14-9-18(22-15-6-2-1-5-13(14)15)25-10-12(11-25)20-23-16-7-3-4-8-17(16)24-20/h1-9,12H,10-11H2,(H2,21,26)(H,23,24). The first-order valence-corrected chi connectivity index (χ1v) is 8.58. The van der Waals surface area contributed by atoms with Crippen molar-refractivity contribution in [1.29, 1.82) is 0 Å². The van der Waals surface area contributed by atoms with E-state index in [2.05, 4.69) is 14.9 Å². The van der Waals surface area contributed by atoms with Crippen LogP contribution in [0.4, 0.5) is 5.82 Å². The molecule has 0 bridgehead atoms. The summed E-state index contributed by atoms with van der Waals surface area (Å²) in [5.41, 5.74) is 8.91. The van der Waals surface area contributed by atoms with Crippen LogP contribution in [0.5, 0.6) is 0 Å². The van der Waals surface area contributed by atoms with Crippen molar-refractivity contribution in [3.05, 3.63) is 66.0 Å². The number of imidazole rings is 1. The van der Waals surface area contributed by atoms with Crippen molar-refractivity contribution in [2.24, 2.45) is 5.73 Å². The number of fused-ring (bicyclic) bond motifs is 2. The maximum Gasteiger partial charge on any atom is 0.249 e.